The Kier molecular flexibility index (Phi) is 3.62. The van der Waals surface area contributed by atoms with Gasteiger partial charge in [0, 0.05) is 5.92 Å². The monoisotopic (exact) mass is 262 g/mol. The topological polar surface area (TPSA) is 24.4 Å². The Balaban J connectivity index is 2.50. The van der Waals surface area contributed by atoms with Crippen molar-refractivity contribution >= 4 is 28.7 Å². The molecular formula is C8H11IN2. The maximum atomic E-state index is 4.31. The Morgan fingerprint density at radius 1 is 1.82 bits per heavy atom. The van der Waals surface area contributed by atoms with Gasteiger partial charge in [-0.25, -0.2) is 0 Å². The van der Waals surface area contributed by atoms with Gasteiger partial charge in [-0.3, -0.25) is 4.99 Å². The molecular weight excluding hydrogens is 251 g/mol. The van der Waals surface area contributed by atoms with Crippen LogP contribution >= 0.6 is 22.9 Å². The molecule has 0 amide bonds. The summed E-state index contributed by atoms with van der Waals surface area (Å²) >= 11 is 2.09. The predicted molar refractivity (Wildman–Crippen MR) is 56.9 cm³/mol. The molecule has 1 rings (SSSR count). The maximum Gasteiger partial charge on any atom is 0.129 e. The lowest BCUT2D eigenvalue weighted by molar-refractivity contribution is 0.808. The first-order chi connectivity index (χ1) is 5.36. The molecule has 1 aliphatic heterocycles. The largest absolute Gasteiger partial charge is 0.313 e. The lowest BCUT2D eigenvalue weighted by Crippen LogP contribution is -2.15. The van der Waals surface area contributed by atoms with E-state index in [1.807, 2.05) is 13.0 Å². The van der Waals surface area contributed by atoms with E-state index in [1.165, 1.54) is 0 Å². The summed E-state index contributed by atoms with van der Waals surface area (Å²) in [7, 11) is 0. The second kappa shape index (κ2) is 4.54. The number of hydrogen-bond donors (Lipinski definition) is 1. The van der Waals surface area contributed by atoms with E-state index in [9.17, 15) is 0 Å². The van der Waals surface area contributed by atoms with Crippen LogP contribution in [0.4, 0.5) is 0 Å². The van der Waals surface area contributed by atoms with Crippen molar-refractivity contribution in [3.8, 4) is 0 Å². The van der Waals surface area contributed by atoms with Crippen LogP contribution in [0.15, 0.2) is 29.3 Å². The van der Waals surface area contributed by atoms with E-state index in [0.717, 1.165) is 12.4 Å². The van der Waals surface area contributed by atoms with E-state index in [0.29, 0.717) is 5.92 Å². The van der Waals surface area contributed by atoms with Crippen molar-refractivity contribution < 1.29 is 0 Å². The molecule has 0 bridgehead atoms. The number of aliphatic imine (C=N–C) groups is 1. The van der Waals surface area contributed by atoms with Crippen molar-refractivity contribution in [3.63, 3.8) is 0 Å². The fourth-order valence-electron chi connectivity index (χ4n) is 0.966. The average Bonchev–Trinajstić information content (AvgIpc) is 2.07. The van der Waals surface area contributed by atoms with Crippen molar-refractivity contribution in [2.45, 2.75) is 6.92 Å². The lowest BCUT2D eigenvalue weighted by Gasteiger charge is -2.10. The molecule has 0 fully saturated rings. The normalized spacial score (nSPS) is 23.8. The van der Waals surface area contributed by atoms with Crippen LogP contribution in [0.5, 0.6) is 0 Å². The van der Waals surface area contributed by atoms with Crippen molar-refractivity contribution in [2.24, 2.45) is 10.9 Å². The Bertz CT molecular complexity index is 206. The second-order valence-electron chi connectivity index (χ2n) is 2.37. The van der Waals surface area contributed by atoms with Gasteiger partial charge in [-0.1, -0.05) is 18.2 Å². The number of halogens is 1. The fraction of sp³-hybridized carbons (Fsp3) is 0.375. The number of amidine groups is 1. The summed E-state index contributed by atoms with van der Waals surface area (Å²) in [6, 6.07) is 0. The second-order valence-corrected chi connectivity index (χ2v) is 2.91. The van der Waals surface area contributed by atoms with Gasteiger partial charge in [-0.05, 0) is 13.0 Å². The number of allylic oxidation sites excluding steroid dienone is 1. The van der Waals surface area contributed by atoms with Gasteiger partial charge in [0.1, 0.15) is 5.84 Å². The number of nitrogens with one attached hydrogen (secondary N) is 1. The summed E-state index contributed by atoms with van der Waals surface area (Å²) < 4.78 is 2.98. The Labute approximate surface area is 81.0 Å². The highest BCUT2D eigenvalue weighted by molar-refractivity contribution is 14.1. The molecule has 1 N–H and O–H groups in total. The van der Waals surface area contributed by atoms with Crippen LogP contribution in [0.3, 0.4) is 0 Å². The molecule has 1 unspecified atom stereocenters. The Morgan fingerprint density at radius 2 is 2.64 bits per heavy atom. The highest BCUT2D eigenvalue weighted by Crippen LogP contribution is 2.07. The molecule has 0 aliphatic carbocycles. The van der Waals surface area contributed by atoms with E-state index in [-0.39, 0.29) is 0 Å². The highest BCUT2D eigenvalue weighted by Gasteiger charge is 2.04. The number of hydrogen-bond acceptors (Lipinski definition) is 2. The van der Waals surface area contributed by atoms with E-state index in [4.69, 9.17) is 0 Å². The Hall–Kier alpha value is -0.320. The highest BCUT2D eigenvalue weighted by atomic mass is 127. The molecule has 1 aliphatic rings. The van der Waals surface area contributed by atoms with E-state index < -0.39 is 0 Å². The molecule has 11 heavy (non-hydrogen) atoms. The summed E-state index contributed by atoms with van der Waals surface area (Å²) in [5, 5.41) is 0. The third-order valence-electron chi connectivity index (χ3n) is 1.51. The summed E-state index contributed by atoms with van der Waals surface area (Å²) in [4.78, 5) is 4.31. The third kappa shape index (κ3) is 2.65. The zero-order chi connectivity index (χ0) is 8.10. The van der Waals surface area contributed by atoms with Gasteiger partial charge < -0.3 is 3.53 Å². The molecule has 60 valence electrons. The summed E-state index contributed by atoms with van der Waals surface area (Å²) in [6.45, 7) is 2.90. The zero-order valence-electron chi connectivity index (χ0n) is 6.42. The molecule has 1 atom stereocenters. The number of rotatable bonds is 1. The molecule has 0 aromatic heterocycles. The molecule has 0 aromatic rings. The van der Waals surface area contributed by atoms with Crippen molar-refractivity contribution in [1.29, 1.82) is 0 Å². The van der Waals surface area contributed by atoms with Crippen molar-refractivity contribution in [2.75, 3.05) is 6.54 Å². The minimum absolute atomic E-state index is 0.494. The first kappa shape index (κ1) is 8.77. The molecule has 2 nitrogen and oxygen atoms in total. The van der Waals surface area contributed by atoms with Gasteiger partial charge in [0.15, 0.2) is 0 Å². The Morgan fingerprint density at radius 3 is 3.09 bits per heavy atom. The fourth-order valence-corrected chi connectivity index (χ4v) is 1.32. The lowest BCUT2D eigenvalue weighted by atomic mass is 10.1. The van der Waals surface area contributed by atoms with E-state index in [1.54, 1.807) is 0 Å². The van der Waals surface area contributed by atoms with Crippen LogP contribution < -0.4 is 3.53 Å². The molecule has 3 heteroatoms. The quantitative estimate of drug-likeness (QED) is 0.436. The zero-order valence-corrected chi connectivity index (χ0v) is 8.58. The molecule has 0 saturated carbocycles. The van der Waals surface area contributed by atoms with Gasteiger partial charge in [-0.15, -0.1) is 0 Å². The van der Waals surface area contributed by atoms with Gasteiger partial charge >= 0.3 is 0 Å². The standard InChI is InChI=1S/C8H11IN2/c1-2-3-7-4-5-8(11-9)10-6-7/h2-5,7H,6H2,1H3,(H,10,11)/b3-2+. The number of nitrogens with zero attached hydrogens (tertiary/aromatic N) is 1. The van der Waals surface area contributed by atoms with Crippen LogP contribution in [0, 0.1) is 5.92 Å². The SMILES string of the molecule is C/C=C/C1C=CC(NI)=NC1. The van der Waals surface area contributed by atoms with Crippen molar-refractivity contribution in [1.82, 2.24) is 3.53 Å². The van der Waals surface area contributed by atoms with Gasteiger partial charge in [-0.2, -0.15) is 0 Å². The van der Waals surface area contributed by atoms with Crippen LogP contribution in [-0.4, -0.2) is 12.4 Å². The molecule has 0 saturated heterocycles. The summed E-state index contributed by atoms with van der Waals surface area (Å²) in [5.41, 5.74) is 0. The molecule has 1 heterocycles. The van der Waals surface area contributed by atoms with E-state index in [2.05, 4.69) is 49.6 Å². The van der Waals surface area contributed by atoms with Crippen LogP contribution in [-0.2, 0) is 0 Å². The maximum absolute atomic E-state index is 4.31. The first-order valence-electron chi connectivity index (χ1n) is 3.59. The predicted octanol–water partition coefficient (Wildman–Crippen LogP) is 2.09. The van der Waals surface area contributed by atoms with E-state index >= 15 is 0 Å². The minimum Gasteiger partial charge on any atom is -0.313 e. The molecule has 0 spiro atoms. The third-order valence-corrected chi connectivity index (χ3v) is 2.06. The average molecular weight is 262 g/mol. The van der Waals surface area contributed by atoms with Crippen LogP contribution in [0.1, 0.15) is 6.92 Å². The first-order valence-corrected chi connectivity index (χ1v) is 4.67. The number of dihydropyridines is 1. The summed E-state index contributed by atoms with van der Waals surface area (Å²) in [5.74, 6) is 1.46. The van der Waals surface area contributed by atoms with Crippen LogP contribution in [0.2, 0.25) is 0 Å². The van der Waals surface area contributed by atoms with Crippen molar-refractivity contribution in [3.05, 3.63) is 24.3 Å². The van der Waals surface area contributed by atoms with Gasteiger partial charge in [0.05, 0.1) is 29.4 Å². The smallest absolute Gasteiger partial charge is 0.129 e. The summed E-state index contributed by atoms with van der Waals surface area (Å²) in [6.07, 6.45) is 8.39. The van der Waals surface area contributed by atoms with Gasteiger partial charge in [0.2, 0.25) is 0 Å². The molecule has 0 aromatic carbocycles. The molecule has 0 radical (unpaired) electrons. The minimum atomic E-state index is 0.494. The van der Waals surface area contributed by atoms with Gasteiger partial charge in [0.25, 0.3) is 0 Å². The van der Waals surface area contributed by atoms with Crippen LogP contribution in [0.25, 0.3) is 0 Å².